The summed E-state index contributed by atoms with van der Waals surface area (Å²) >= 11 is 6.30. The molecular formula is C21H22ClFN2O2. The zero-order chi connectivity index (χ0) is 19.6. The van der Waals surface area contributed by atoms with Crippen molar-refractivity contribution < 1.29 is 13.9 Å². The molecule has 1 aromatic carbocycles. The maximum Gasteiger partial charge on any atom is 0.335 e. The fourth-order valence-corrected chi connectivity index (χ4v) is 3.59. The van der Waals surface area contributed by atoms with E-state index in [1.54, 1.807) is 13.0 Å². The van der Waals surface area contributed by atoms with Gasteiger partial charge in [0, 0.05) is 16.4 Å². The van der Waals surface area contributed by atoms with E-state index in [9.17, 15) is 9.18 Å². The molecule has 27 heavy (non-hydrogen) atoms. The van der Waals surface area contributed by atoms with Gasteiger partial charge in [0.05, 0.1) is 24.7 Å². The number of allylic oxidation sites excluding steroid dienone is 3. The topological polar surface area (TPSA) is 42.7 Å². The Balaban J connectivity index is 2.09. The van der Waals surface area contributed by atoms with Crippen molar-refractivity contribution in [2.24, 2.45) is 5.92 Å². The second-order valence-electron chi connectivity index (χ2n) is 7.03. The van der Waals surface area contributed by atoms with E-state index in [0.717, 1.165) is 25.0 Å². The van der Waals surface area contributed by atoms with Gasteiger partial charge in [-0.1, -0.05) is 31.0 Å². The van der Waals surface area contributed by atoms with Gasteiger partial charge in [0.25, 0.3) is 0 Å². The van der Waals surface area contributed by atoms with Crippen LogP contribution in [0.2, 0.25) is 5.02 Å². The molecule has 1 atom stereocenters. The van der Waals surface area contributed by atoms with Crippen LogP contribution < -0.4 is 5.32 Å². The number of benzene rings is 1. The summed E-state index contributed by atoms with van der Waals surface area (Å²) in [5.74, 6) is -1.12. The summed E-state index contributed by atoms with van der Waals surface area (Å²) in [6.07, 6.45) is 3.62. The number of dihydropyridines is 1. The Kier molecular flexibility index (Phi) is 5.86. The first kappa shape index (κ1) is 19.4. The van der Waals surface area contributed by atoms with Crippen molar-refractivity contribution in [2.75, 3.05) is 6.61 Å². The lowest BCUT2D eigenvalue weighted by molar-refractivity contribution is -0.139. The van der Waals surface area contributed by atoms with E-state index < -0.39 is 17.7 Å². The molecule has 1 aliphatic carbocycles. The molecule has 3 rings (SSSR count). The van der Waals surface area contributed by atoms with Crippen LogP contribution >= 0.6 is 11.6 Å². The molecular weight excluding hydrogens is 367 g/mol. The van der Waals surface area contributed by atoms with Crippen LogP contribution in [0.25, 0.3) is 4.85 Å². The monoisotopic (exact) mass is 388 g/mol. The summed E-state index contributed by atoms with van der Waals surface area (Å²) in [6.45, 7) is 11.8. The lowest BCUT2D eigenvalue weighted by Crippen LogP contribution is -2.30. The lowest BCUT2D eigenvalue weighted by atomic mass is 9.83. The number of ether oxygens (including phenoxy) is 1. The largest absolute Gasteiger partial charge is 0.462 e. The van der Waals surface area contributed by atoms with Crippen LogP contribution in [0.1, 0.15) is 51.0 Å². The molecule has 0 radical (unpaired) electrons. The van der Waals surface area contributed by atoms with Gasteiger partial charge < -0.3 is 10.1 Å². The van der Waals surface area contributed by atoms with Gasteiger partial charge in [0.15, 0.2) is 5.70 Å². The number of nitrogens with one attached hydrogen (secondary N) is 1. The first-order valence-corrected chi connectivity index (χ1v) is 9.54. The molecule has 1 saturated carbocycles. The molecule has 0 saturated heterocycles. The minimum absolute atomic E-state index is 0.194. The summed E-state index contributed by atoms with van der Waals surface area (Å²) < 4.78 is 19.1. The fourth-order valence-electron chi connectivity index (χ4n) is 3.32. The first-order valence-electron chi connectivity index (χ1n) is 9.16. The molecule has 4 nitrogen and oxygen atoms in total. The van der Waals surface area contributed by atoms with Crippen molar-refractivity contribution in [3.63, 3.8) is 0 Å². The summed E-state index contributed by atoms with van der Waals surface area (Å²) in [7, 11) is 0. The van der Waals surface area contributed by atoms with E-state index in [1.165, 1.54) is 12.1 Å². The second kappa shape index (κ2) is 8.14. The number of carbonyl (C=O) groups excluding carboxylic acids is 1. The molecule has 0 aromatic heterocycles. The van der Waals surface area contributed by atoms with Crippen LogP contribution in [0, 0.1) is 18.3 Å². The minimum Gasteiger partial charge on any atom is -0.462 e. The molecule has 142 valence electrons. The Hall–Kier alpha value is -2.32. The van der Waals surface area contributed by atoms with Crippen LogP contribution in [0.3, 0.4) is 0 Å². The zero-order valence-electron chi connectivity index (χ0n) is 15.4. The third-order valence-corrected chi connectivity index (χ3v) is 5.20. The van der Waals surface area contributed by atoms with Gasteiger partial charge in [-0.15, -0.1) is 0 Å². The van der Waals surface area contributed by atoms with E-state index in [4.69, 9.17) is 22.9 Å². The molecule has 1 heterocycles. The van der Waals surface area contributed by atoms with Gasteiger partial charge in [-0.3, -0.25) is 0 Å². The number of hydrogen-bond donors (Lipinski definition) is 1. The number of rotatable bonds is 6. The SMILES string of the molecule is [C-]#[N+]C1=C(C)NC(CCC)=C(C(=O)OCC2CC2)C1c1ccc(F)cc1Cl. The molecule has 0 bridgehead atoms. The van der Waals surface area contributed by atoms with Crippen molar-refractivity contribution in [2.45, 2.75) is 45.4 Å². The third-order valence-electron chi connectivity index (χ3n) is 4.87. The van der Waals surface area contributed by atoms with E-state index in [2.05, 4.69) is 10.2 Å². The Labute approximate surface area is 163 Å². The van der Waals surface area contributed by atoms with Gasteiger partial charge in [0.2, 0.25) is 0 Å². The number of hydrogen-bond acceptors (Lipinski definition) is 3. The maximum atomic E-state index is 13.6. The van der Waals surface area contributed by atoms with Gasteiger partial charge in [0.1, 0.15) is 5.82 Å². The minimum atomic E-state index is -0.662. The molecule has 1 fully saturated rings. The summed E-state index contributed by atoms with van der Waals surface area (Å²) in [4.78, 5) is 16.6. The van der Waals surface area contributed by atoms with Crippen molar-refractivity contribution in [1.82, 2.24) is 5.32 Å². The molecule has 1 N–H and O–H groups in total. The van der Waals surface area contributed by atoms with E-state index in [0.29, 0.717) is 41.5 Å². The number of halogens is 2. The Morgan fingerprint density at radius 3 is 2.78 bits per heavy atom. The van der Waals surface area contributed by atoms with Crippen LogP contribution in [0.4, 0.5) is 4.39 Å². The quantitative estimate of drug-likeness (QED) is 0.529. The highest BCUT2D eigenvalue weighted by Crippen LogP contribution is 2.43. The summed E-state index contributed by atoms with van der Waals surface area (Å²) in [5, 5.41) is 3.40. The molecule has 6 heteroatoms. The molecule has 0 spiro atoms. The third kappa shape index (κ3) is 4.17. The highest BCUT2D eigenvalue weighted by molar-refractivity contribution is 6.31. The highest BCUT2D eigenvalue weighted by Gasteiger charge is 2.37. The van der Waals surface area contributed by atoms with Crippen LogP contribution in [-0.4, -0.2) is 12.6 Å². The number of esters is 1. The zero-order valence-corrected chi connectivity index (χ0v) is 16.2. The van der Waals surface area contributed by atoms with Crippen LogP contribution in [-0.2, 0) is 9.53 Å². The van der Waals surface area contributed by atoms with Gasteiger partial charge >= 0.3 is 5.97 Å². The van der Waals surface area contributed by atoms with E-state index in [-0.39, 0.29) is 5.02 Å². The first-order chi connectivity index (χ1) is 13.0. The Morgan fingerprint density at radius 1 is 1.44 bits per heavy atom. The Morgan fingerprint density at radius 2 is 2.19 bits per heavy atom. The summed E-state index contributed by atoms with van der Waals surface area (Å²) in [6, 6.07) is 4.05. The standard InChI is InChI=1S/C21H22ClFN2O2/c1-4-5-17-19(21(26)27-11-13-6-7-13)18(20(24-3)12(2)25-17)15-9-8-14(23)10-16(15)22/h8-10,13,18,25H,4-7,11H2,1-2H3. The average molecular weight is 389 g/mol. The molecule has 0 amide bonds. The number of nitrogens with zero attached hydrogens (tertiary/aromatic N) is 1. The Bertz CT molecular complexity index is 865. The molecule has 1 unspecified atom stereocenters. The van der Waals surface area contributed by atoms with Crippen LogP contribution in [0.5, 0.6) is 0 Å². The number of carbonyl (C=O) groups is 1. The van der Waals surface area contributed by atoms with E-state index in [1.807, 2.05) is 6.92 Å². The van der Waals surface area contributed by atoms with Crippen LogP contribution in [0.15, 0.2) is 40.9 Å². The van der Waals surface area contributed by atoms with Crippen molar-refractivity contribution in [1.29, 1.82) is 0 Å². The predicted octanol–water partition coefficient (Wildman–Crippen LogP) is 5.32. The van der Waals surface area contributed by atoms with Gasteiger partial charge in [-0.25, -0.2) is 14.0 Å². The molecule has 2 aliphatic rings. The second-order valence-corrected chi connectivity index (χ2v) is 7.44. The smallest absolute Gasteiger partial charge is 0.335 e. The van der Waals surface area contributed by atoms with Crippen molar-refractivity contribution >= 4 is 17.6 Å². The predicted molar refractivity (Wildman–Crippen MR) is 102 cm³/mol. The van der Waals surface area contributed by atoms with Gasteiger partial charge in [-0.05, 0) is 49.8 Å². The lowest BCUT2D eigenvalue weighted by Gasteiger charge is -2.30. The maximum absolute atomic E-state index is 13.6. The molecule has 1 aliphatic heterocycles. The average Bonchev–Trinajstić information content (AvgIpc) is 3.44. The van der Waals surface area contributed by atoms with Crippen molar-refractivity contribution in [3.8, 4) is 0 Å². The fraction of sp³-hybridized carbons (Fsp3) is 0.429. The molecule has 1 aromatic rings. The van der Waals surface area contributed by atoms with E-state index >= 15 is 0 Å². The van der Waals surface area contributed by atoms with Gasteiger partial charge in [-0.2, -0.15) is 0 Å². The highest BCUT2D eigenvalue weighted by atomic mass is 35.5. The van der Waals surface area contributed by atoms with Crippen molar-refractivity contribution in [3.05, 3.63) is 68.7 Å². The summed E-state index contributed by atoms with van der Waals surface area (Å²) in [5.41, 5.74) is 2.74. The normalized spacial score (nSPS) is 19.6.